The largest absolute Gasteiger partial charge is 0.0683 e. The quantitative estimate of drug-likeness (QED) is 0.431. The predicted octanol–water partition coefficient (Wildman–Crippen LogP) is 1.94. The molecule has 51 valence electrons. The summed E-state index contributed by atoms with van der Waals surface area (Å²) >= 11 is 0. The van der Waals surface area contributed by atoms with E-state index in [4.69, 9.17) is 0 Å². The Labute approximate surface area is 64.8 Å². The number of hydrogen-bond donors (Lipinski definition) is 0. The van der Waals surface area contributed by atoms with Crippen molar-refractivity contribution in [3.05, 3.63) is 0 Å². The van der Waals surface area contributed by atoms with Gasteiger partial charge in [-0.1, -0.05) is 41.5 Å². The minimum atomic E-state index is 1.00. The van der Waals surface area contributed by atoms with Gasteiger partial charge in [0.1, 0.15) is 0 Å². The monoisotopic (exact) mass is 123 g/mol. The normalized spacial score (nSPS) is 3.33. The van der Waals surface area contributed by atoms with Crippen molar-refractivity contribution in [1.82, 2.24) is 0 Å². The van der Waals surface area contributed by atoms with Crippen molar-refractivity contribution in [3.63, 3.8) is 0 Å². The van der Waals surface area contributed by atoms with Crippen molar-refractivity contribution in [2.24, 2.45) is 0 Å². The maximum Gasteiger partial charge on any atom is 0 e. The van der Waals surface area contributed by atoms with Crippen LogP contribution in [0.25, 0.3) is 0 Å². The van der Waals surface area contributed by atoms with Gasteiger partial charge in [0.2, 0.25) is 0 Å². The van der Waals surface area contributed by atoms with E-state index in [1.807, 2.05) is 41.5 Å². The van der Waals surface area contributed by atoms with E-state index in [0.717, 1.165) is 7.06 Å². The maximum absolute atomic E-state index is 4.50. The van der Waals surface area contributed by atoms with Crippen LogP contribution in [-0.2, 0) is 0 Å². The summed E-state index contributed by atoms with van der Waals surface area (Å²) in [5, 5.41) is 0. The fourth-order valence-electron chi connectivity index (χ4n) is 0. The van der Waals surface area contributed by atoms with Gasteiger partial charge in [0.15, 0.2) is 0 Å². The molecule has 0 aromatic carbocycles. The van der Waals surface area contributed by atoms with Gasteiger partial charge >= 0.3 is 0 Å². The van der Waals surface area contributed by atoms with Crippen LogP contribution in [0.5, 0.6) is 0 Å². The molecule has 0 heterocycles. The van der Waals surface area contributed by atoms with Gasteiger partial charge in [-0.15, -0.1) is 0 Å². The molecule has 0 aromatic rings. The lowest BCUT2D eigenvalue weighted by Gasteiger charge is -1.41. The zero-order chi connectivity index (χ0) is 8.71. The molecule has 0 nitrogen and oxygen atoms in total. The van der Waals surface area contributed by atoms with E-state index in [-0.39, 0.29) is 0 Å². The van der Waals surface area contributed by atoms with Gasteiger partial charge in [0, 0.05) is 22.5 Å². The Balaban J connectivity index is -0.0000000190. The summed E-state index contributed by atoms with van der Waals surface area (Å²) < 4.78 is 0. The predicted molar refractivity (Wildman–Crippen MR) is 51.3 cm³/mol. The van der Waals surface area contributed by atoms with Crippen molar-refractivity contribution >= 4 is 22.5 Å². The second-order valence-electron chi connectivity index (χ2n) is 0.192. The van der Waals surface area contributed by atoms with Crippen molar-refractivity contribution in [1.29, 1.82) is 0 Å². The average molecular weight is 123 g/mol. The smallest absolute Gasteiger partial charge is 0 e. The molecule has 0 aliphatic carbocycles. The number of rotatable bonds is 0. The van der Waals surface area contributed by atoms with E-state index < -0.39 is 0 Å². The Kier molecular flexibility index (Phi) is 755. The van der Waals surface area contributed by atoms with E-state index in [9.17, 15) is 0 Å². The van der Waals surface area contributed by atoms with Gasteiger partial charge in [-0.25, -0.2) is 0 Å². The summed E-state index contributed by atoms with van der Waals surface area (Å²) in [5.41, 5.74) is 0. The molecule has 0 amide bonds. The van der Waals surface area contributed by atoms with Crippen LogP contribution >= 0.6 is 0 Å². The molecule has 5 radical (unpaired) electrons. The third kappa shape index (κ3) is 8290. The third-order valence-electron chi connectivity index (χ3n) is 0. The molecule has 0 saturated carbocycles. The molecule has 0 atom stereocenters. The third-order valence-corrected chi connectivity index (χ3v) is 0. The first-order chi connectivity index (χ1) is 4.41. The van der Waals surface area contributed by atoms with Gasteiger partial charge in [0.25, 0.3) is 0 Å². The molecule has 9 heavy (non-hydrogen) atoms. The molecule has 0 unspecified atom stereocenters. The lowest BCUT2D eigenvalue weighted by atomic mass is 9.40. The van der Waals surface area contributed by atoms with E-state index >= 15 is 0 Å². The summed E-state index contributed by atoms with van der Waals surface area (Å²) in [6.45, 7) is 12.0. The van der Waals surface area contributed by atoms with Gasteiger partial charge in [-0.3, -0.25) is 0 Å². The summed E-state index contributed by atoms with van der Waals surface area (Å²) in [5.74, 6) is 0. The van der Waals surface area contributed by atoms with Gasteiger partial charge < -0.3 is 0 Å². The van der Waals surface area contributed by atoms with Crippen LogP contribution in [0, 0.1) is 0 Å². The van der Waals surface area contributed by atoms with Crippen LogP contribution in [0.4, 0.5) is 0 Å². The molecule has 0 aliphatic rings. The van der Waals surface area contributed by atoms with Crippen molar-refractivity contribution < 1.29 is 0 Å². The molecule has 0 bridgehead atoms. The second-order valence-corrected chi connectivity index (χ2v) is 0.192. The molecule has 0 aromatic heterocycles. The van der Waals surface area contributed by atoms with Crippen LogP contribution < -0.4 is 0 Å². The topological polar surface area (TPSA) is 0 Å². The zero-order valence-electron chi connectivity index (χ0n) is 7.73. The molecule has 0 aliphatic heterocycles. The van der Waals surface area contributed by atoms with Crippen LogP contribution in [-0.4, -0.2) is 22.5 Å². The van der Waals surface area contributed by atoms with Gasteiger partial charge in [-0.2, -0.15) is 0 Å². The van der Waals surface area contributed by atoms with Crippen LogP contribution in [0.3, 0.4) is 0 Å². The highest BCUT2D eigenvalue weighted by Gasteiger charge is 1.41. The summed E-state index contributed by atoms with van der Waals surface area (Å²) in [6, 6.07) is 0. The molecule has 0 saturated heterocycles. The standard InChI is InChI=1S/3C2H6.B3/c3*1-2;1-3-2/h3*1-2H3;. The Morgan fingerprint density at radius 3 is 0.667 bits per heavy atom. The maximum atomic E-state index is 4.50. The average Bonchev–Trinajstić information content (AvgIpc) is 2.01. The molecule has 0 spiro atoms. The highest BCUT2D eigenvalue weighted by molar-refractivity contribution is 7.17. The Morgan fingerprint density at radius 2 is 0.667 bits per heavy atom. The Morgan fingerprint density at radius 1 is 0.667 bits per heavy atom. The van der Waals surface area contributed by atoms with E-state index in [1.54, 1.807) is 0 Å². The molecule has 3 heteroatoms. The first kappa shape index (κ1) is 22.9. The first-order valence-corrected chi connectivity index (χ1v) is 3.67. The second kappa shape index (κ2) is 297. The molecular formula is C6H18B3. The van der Waals surface area contributed by atoms with E-state index in [1.165, 1.54) is 0 Å². The van der Waals surface area contributed by atoms with Crippen LogP contribution in [0.1, 0.15) is 41.5 Å². The molecule has 0 rings (SSSR count). The molecule has 0 fully saturated rings. The SMILES string of the molecule is CC.CC.CC.[B][B][B]. The van der Waals surface area contributed by atoms with E-state index in [0.29, 0.717) is 0 Å². The van der Waals surface area contributed by atoms with Gasteiger partial charge in [0.05, 0.1) is 0 Å². The lowest BCUT2D eigenvalue weighted by molar-refractivity contribution is 1.50. The van der Waals surface area contributed by atoms with Gasteiger partial charge in [-0.05, 0) is 0 Å². The lowest BCUT2D eigenvalue weighted by Crippen LogP contribution is -1.79. The summed E-state index contributed by atoms with van der Waals surface area (Å²) in [6.07, 6.45) is 0. The highest BCUT2D eigenvalue weighted by Crippen LogP contribution is 1.15. The Bertz CT molecular complexity index is 8.26. The minimum absolute atomic E-state index is 1.00. The van der Waals surface area contributed by atoms with Crippen molar-refractivity contribution in [2.45, 2.75) is 41.5 Å². The molecule has 0 N–H and O–H groups in total. The minimum Gasteiger partial charge on any atom is -0.0683 e. The first-order valence-electron chi connectivity index (χ1n) is 3.67. The Hall–Kier alpha value is 0.195. The summed E-state index contributed by atoms with van der Waals surface area (Å²) in [7, 11) is 10.0. The highest BCUT2D eigenvalue weighted by atomic mass is 13.0. The van der Waals surface area contributed by atoms with E-state index in [2.05, 4.69) is 15.5 Å². The number of hydrogen-bond acceptors (Lipinski definition) is 0. The van der Waals surface area contributed by atoms with Crippen LogP contribution in [0.2, 0.25) is 0 Å². The summed E-state index contributed by atoms with van der Waals surface area (Å²) in [4.78, 5) is 0. The van der Waals surface area contributed by atoms with Crippen molar-refractivity contribution in [2.75, 3.05) is 0 Å². The fraction of sp³-hybridized carbons (Fsp3) is 1.00. The zero-order valence-corrected chi connectivity index (χ0v) is 7.73. The van der Waals surface area contributed by atoms with Crippen LogP contribution in [0.15, 0.2) is 0 Å². The van der Waals surface area contributed by atoms with Crippen molar-refractivity contribution in [3.8, 4) is 0 Å². The molecular weight excluding hydrogens is 105 g/mol. The fourth-order valence-corrected chi connectivity index (χ4v) is 0.